The van der Waals surface area contributed by atoms with E-state index in [0.29, 0.717) is 12.5 Å². The Kier molecular flexibility index (Phi) is 7.58. The Hall–Kier alpha value is -0.420. The van der Waals surface area contributed by atoms with E-state index in [9.17, 15) is 10.2 Å². The van der Waals surface area contributed by atoms with E-state index >= 15 is 0 Å². The first-order valence-corrected chi connectivity index (χ1v) is 5.74. The zero-order chi connectivity index (χ0) is 12.7. The zero-order valence-electron chi connectivity index (χ0n) is 10.8. The maximum absolute atomic E-state index is 9.66. The Morgan fingerprint density at radius 3 is 2.19 bits per heavy atom. The third-order valence-corrected chi connectivity index (χ3v) is 2.20. The van der Waals surface area contributed by atoms with Crippen molar-refractivity contribution in [1.29, 1.82) is 0 Å². The van der Waals surface area contributed by atoms with Gasteiger partial charge in [-0.05, 0) is 25.8 Å². The third-order valence-electron chi connectivity index (χ3n) is 2.20. The molecule has 0 aliphatic heterocycles. The Balaban J connectivity index is 4.13. The molecular weight excluding hydrogens is 206 g/mol. The van der Waals surface area contributed by atoms with Crippen LogP contribution < -0.4 is 0 Å². The molecular formula is C12H25NO3. The van der Waals surface area contributed by atoms with E-state index in [1.807, 2.05) is 27.7 Å². The molecule has 0 bridgehead atoms. The predicted octanol–water partition coefficient (Wildman–Crippen LogP) is 1.19. The second-order valence-corrected chi connectivity index (χ2v) is 4.62. The van der Waals surface area contributed by atoms with Gasteiger partial charge >= 0.3 is 0 Å². The SMILES string of the molecule is C=CC(O)N(CC(O)OCC(C)C)C(C)C. The van der Waals surface area contributed by atoms with Gasteiger partial charge in [0, 0.05) is 6.04 Å². The van der Waals surface area contributed by atoms with E-state index in [0.717, 1.165) is 0 Å². The molecule has 0 saturated heterocycles. The van der Waals surface area contributed by atoms with Crippen molar-refractivity contribution in [2.75, 3.05) is 13.2 Å². The minimum absolute atomic E-state index is 0.116. The minimum atomic E-state index is -0.876. The van der Waals surface area contributed by atoms with Gasteiger partial charge in [0.15, 0.2) is 6.29 Å². The van der Waals surface area contributed by atoms with Crippen molar-refractivity contribution in [1.82, 2.24) is 4.90 Å². The average Bonchev–Trinajstić information content (AvgIpc) is 2.21. The standard InChI is InChI=1S/C12H25NO3/c1-6-11(14)13(10(4)5)7-12(15)16-8-9(2)3/h6,9-12,14-15H,1,7-8H2,2-5H3. The maximum Gasteiger partial charge on any atom is 0.167 e. The van der Waals surface area contributed by atoms with E-state index in [-0.39, 0.29) is 12.6 Å². The summed E-state index contributed by atoms with van der Waals surface area (Å²) in [5.41, 5.74) is 0. The molecule has 0 aliphatic rings. The zero-order valence-corrected chi connectivity index (χ0v) is 10.8. The molecule has 0 heterocycles. The van der Waals surface area contributed by atoms with Gasteiger partial charge in [0.05, 0.1) is 13.2 Å². The van der Waals surface area contributed by atoms with E-state index < -0.39 is 12.5 Å². The molecule has 0 spiro atoms. The Morgan fingerprint density at radius 1 is 1.25 bits per heavy atom. The van der Waals surface area contributed by atoms with Crippen LogP contribution in [0, 0.1) is 5.92 Å². The molecule has 0 aromatic heterocycles. The fourth-order valence-corrected chi connectivity index (χ4v) is 1.30. The van der Waals surface area contributed by atoms with Crippen molar-refractivity contribution in [2.45, 2.75) is 46.3 Å². The lowest BCUT2D eigenvalue weighted by molar-refractivity contribution is -0.139. The molecule has 2 unspecified atom stereocenters. The van der Waals surface area contributed by atoms with E-state index in [1.54, 1.807) is 4.90 Å². The van der Waals surface area contributed by atoms with Crippen LogP contribution in [0.3, 0.4) is 0 Å². The summed E-state index contributed by atoms with van der Waals surface area (Å²) in [5, 5.41) is 19.3. The lowest BCUT2D eigenvalue weighted by Gasteiger charge is -2.31. The highest BCUT2D eigenvalue weighted by Crippen LogP contribution is 2.07. The molecule has 2 atom stereocenters. The quantitative estimate of drug-likeness (QED) is 0.487. The summed E-state index contributed by atoms with van der Waals surface area (Å²) in [6.07, 6.45) is -0.188. The number of hydrogen-bond acceptors (Lipinski definition) is 4. The fraction of sp³-hybridized carbons (Fsp3) is 0.833. The van der Waals surface area contributed by atoms with Crippen LogP contribution in [0.5, 0.6) is 0 Å². The lowest BCUT2D eigenvalue weighted by atomic mass is 10.2. The first kappa shape index (κ1) is 15.6. The van der Waals surface area contributed by atoms with E-state index in [4.69, 9.17) is 4.74 Å². The molecule has 0 aromatic rings. The summed E-state index contributed by atoms with van der Waals surface area (Å²) in [4.78, 5) is 1.72. The summed E-state index contributed by atoms with van der Waals surface area (Å²) in [7, 11) is 0. The molecule has 0 aromatic carbocycles. The van der Waals surface area contributed by atoms with Gasteiger partial charge in [0.2, 0.25) is 0 Å². The molecule has 0 saturated carbocycles. The van der Waals surface area contributed by atoms with Crippen LogP contribution in [-0.2, 0) is 4.74 Å². The predicted molar refractivity (Wildman–Crippen MR) is 64.8 cm³/mol. The van der Waals surface area contributed by atoms with Crippen molar-refractivity contribution in [3.63, 3.8) is 0 Å². The number of hydrogen-bond donors (Lipinski definition) is 2. The number of nitrogens with zero attached hydrogens (tertiary/aromatic N) is 1. The van der Waals surface area contributed by atoms with E-state index in [2.05, 4.69) is 6.58 Å². The van der Waals surface area contributed by atoms with Gasteiger partial charge < -0.3 is 14.9 Å². The van der Waals surface area contributed by atoms with Crippen LogP contribution in [0.2, 0.25) is 0 Å². The summed E-state index contributed by atoms with van der Waals surface area (Å²) < 4.78 is 5.25. The Labute approximate surface area is 98.5 Å². The summed E-state index contributed by atoms with van der Waals surface area (Å²) in [5.74, 6) is 0.381. The smallest absolute Gasteiger partial charge is 0.167 e. The topological polar surface area (TPSA) is 52.9 Å². The highest BCUT2D eigenvalue weighted by Gasteiger charge is 2.20. The molecule has 16 heavy (non-hydrogen) atoms. The van der Waals surface area contributed by atoms with Crippen LogP contribution in [0.25, 0.3) is 0 Å². The summed E-state index contributed by atoms with van der Waals surface area (Å²) >= 11 is 0. The van der Waals surface area contributed by atoms with Crippen molar-refractivity contribution >= 4 is 0 Å². The highest BCUT2D eigenvalue weighted by atomic mass is 16.6. The van der Waals surface area contributed by atoms with Gasteiger partial charge in [-0.15, -0.1) is 0 Å². The van der Waals surface area contributed by atoms with Gasteiger partial charge in [-0.25, -0.2) is 0 Å². The molecule has 2 N–H and O–H groups in total. The monoisotopic (exact) mass is 231 g/mol. The maximum atomic E-state index is 9.66. The largest absolute Gasteiger partial charge is 0.375 e. The summed E-state index contributed by atoms with van der Waals surface area (Å²) in [6, 6.07) is 0.116. The molecule has 4 nitrogen and oxygen atoms in total. The summed E-state index contributed by atoms with van der Waals surface area (Å²) in [6.45, 7) is 12.2. The normalized spacial score (nSPS) is 15.8. The number of aliphatic hydroxyl groups is 2. The molecule has 0 fully saturated rings. The fourth-order valence-electron chi connectivity index (χ4n) is 1.30. The lowest BCUT2D eigenvalue weighted by Crippen LogP contribution is -2.44. The average molecular weight is 231 g/mol. The van der Waals surface area contributed by atoms with Crippen molar-refractivity contribution in [3.05, 3.63) is 12.7 Å². The molecule has 0 amide bonds. The molecule has 0 radical (unpaired) electrons. The third kappa shape index (κ3) is 6.23. The number of rotatable bonds is 8. The number of ether oxygens (including phenoxy) is 1. The van der Waals surface area contributed by atoms with Gasteiger partial charge in [0.1, 0.15) is 6.23 Å². The Bertz CT molecular complexity index is 195. The molecule has 96 valence electrons. The highest BCUT2D eigenvalue weighted by molar-refractivity contribution is 4.81. The minimum Gasteiger partial charge on any atom is -0.375 e. The van der Waals surface area contributed by atoms with Crippen molar-refractivity contribution < 1.29 is 14.9 Å². The van der Waals surface area contributed by atoms with Gasteiger partial charge in [0.25, 0.3) is 0 Å². The van der Waals surface area contributed by atoms with Crippen LogP contribution >= 0.6 is 0 Å². The van der Waals surface area contributed by atoms with Crippen molar-refractivity contribution in [2.24, 2.45) is 5.92 Å². The van der Waals surface area contributed by atoms with Gasteiger partial charge in [-0.1, -0.05) is 20.4 Å². The van der Waals surface area contributed by atoms with Gasteiger partial charge in [-0.2, -0.15) is 0 Å². The van der Waals surface area contributed by atoms with Crippen LogP contribution in [0.15, 0.2) is 12.7 Å². The molecule has 0 rings (SSSR count). The second kappa shape index (κ2) is 7.79. The van der Waals surface area contributed by atoms with Crippen LogP contribution in [-0.4, -0.2) is 46.8 Å². The second-order valence-electron chi connectivity index (χ2n) is 4.62. The van der Waals surface area contributed by atoms with Crippen LogP contribution in [0.4, 0.5) is 0 Å². The number of aliphatic hydroxyl groups excluding tert-OH is 2. The van der Waals surface area contributed by atoms with Crippen LogP contribution in [0.1, 0.15) is 27.7 Å². The first-order valence-electron chi connectivity index (χ1n) is 5.74. The Morgan fingerprint density at radius 2 is 1.81 bits per heavy atom. The van der Waals surface area contributed by atoms with Crippen molar-refractivity contribution in [3.8, 4) is 0 Å². The van der Waals surface area contributed by atoms with Gasteiger partial charge in [-0.3, -0.25) is 4.90 Å². The molecule has 4 heteroatoms. The van der Waals surface area contributed by atoms with E-state index in [1.165, 1.54) is 6.08 Å². The first-order chi connectivity index (χ1) is 7.38. The molecule has 0 aliphatic carbocycles.